The number of amides is 1. The molecule has 156 valence electrons. The van der Waals surface area contributed by atoms with Crippen LogP contribution in [-0.4, -0.2) is 28.7 Å². The van der Waals surface area contributed by atoms with Crippen LogP contribution in [0.5, 0.6) is 5.75 Å². The van der Waals surface area contributed by atoms with Gasteiger partial charge in [0.15, 0.2) is 5.13 Å². The number of nitrogens with zero attached hydrogens (tertiary/aromatic N) is 2. The monoisotopic (exact) mass is 433 g/mol. The van der Waals surface area contributed by atoms with Crippen molar-refractivity contribution in [3.05, 3.63) is 70.7 Å². The zero-order valence-corrected chi connectivity index (χ0v) is 16.6. The summed E-state index contributed by atoms with van der Waals surface area (Å²) < 4.78 is 40.5. The molecule has 1 aliphatic heterocycles. The van der Waals surface area contributed by atoms with Crippen LogP contribution in [0.15, 0.2) is 53.9 Å². The van der Waals surface area contributed by atoms with E-state index in [4.69, 9.17) is 0 Å². The van der Waals surface area contributed by atoms with Gasteiger partial charge in [-0.15, -0.1) is 24.5 Å². The fourth-order valence-electron chi connectivity index (χ4n) is 3.28. The van der Waals surface area contributed by atoms with E-state index in [0.717, 1.165) is 6.42 Å². The van der Waals surface area contributed by atoms with Crippen LogP contribution in [-0.2, 0) is 24.2 Å². The molecule has 0 bridgehead atoms. The lowest BCUT2D eigenvalue weighted by Crippen LogP contribution is -2.36. The number of hydrogen-bond donors (Lipinski definition) is 1. The summed E-state index contributed by atoms with van der Waals surface area (Å²) in [5, 5.41) is 5.39. The highest BCUT2D eigenvalue weighted by atomic mass is 32.1. The molecule has 1 aromatic heterocycles. The third-order valence-corrected chi connectivity index (χ3v) is 5.51. The van der Waals surface area contributed by atoms with Crippen LogP contribution in [0.2, 0.25) is 0 Å². The molecule has 0 fully saturated rings. The minimum absolute atomic E-state index is 0.0232. The third-order valence-electron chi connectivity index (χ3n) is 4.71. The Kier molecular flexibility index (Phi) is 5.63. The van der Waals surface area contributed by atoms with Crippen LogP contribution in [0.3, 0.4) is 0 Å². The molecule has 1 amide bonds. The summed E-state index contributed by atoms with van der Waals surface area (Å²) in [6, 6.07) is 13.5. The summed E-state index contributed by atoms with van der Waals surface area (Å²) in [6.07, 6.45) is -3.67. The van der Waals surface area contributed by atoms with Crippen LogP contribution < -0.4 is 10.1 Å². The second-order valence-electron chi connectivity index (χ2n) is 6.85. The van der Waals surface area contributed by atoms with Crippen molar-refractivity contribution in [3.63, 3.8) is 0 Å². The topological polar surface area (TPSA) is 54.5 Å². The van der Waals surface area contributed by atoms with Gasteiger partial charge in [-0.2, -0.15) is 0 Å². The van der Waals surface area contributed by atoms with Crippen LogP contribution in [0, 0.1) is 0 Å². The van der Waals surface area contributed by atoms with Gasteiger partial charge < -0.3 is 15.0 Å². The Balaban J connectivity index is 1.34. The number of thiazole rings is 1. The smallest absolute Gasteiger partial charge is 0.406 e. The van der Waals surface area contributed by atoms with Crippen LogP contribution >= 0.6 is 11.3 Å². The number of fused-ring (bicyclic) bond motifs is 1. The van der Waals surface area contributed by atoms with Crippen molar-refractivity contribution in [2.75, 3.05) is 11.9 Å². The molecular formula is C21H18F3N3O2S. The Hall–Kier alpha value is -3.07. The van der Waals surface area contributed by atoms with E-state index in [1.54, 1.807) is 5.38 Å². The molecule has 5 nitrogen and oxygen atoms in total. The highest BCUT2D eigenvalue weighted by Gasteiger charge is 2.31. The van der Waals surface area contributed by atoms with Gasteiger partial charge in [0.1, 0.15) is 5.75 Å². The maximum Gasteiger partial charge on any atom is 0.573 e. The molecular weight excluding hydrogens is 415 g/mol. The number of benzene rings is 2. The molecule has 2 aromatic carbocycles. The predicted molar refractivity (Wildman–Crippen MR) is 108 cm³/mol. The highest BCUT2D eigenvalue weighted by Crippen LogP contribution is 2.27. The van der Waals surface area contributed by atoms with Crippen molar-refractivity contribution >= 4 is 28.1 Å². The lowest BCUT2D eigenvalue weighted by Gasteiger charge is -2.28. The number of rotatable bonds is 5. The summed E-state index contributed by atoms with van der Waals surface area (Å²) in [6.45, 7) is 1.30. The molecule has 0 aliphatic carbocycles. The second kappa shape index (κ2) is 8.35. The summed E-state index contributed by atoms with van der Waals surface area (Å²) in [5.74, 6) is -0.267. The Morgan fingerprint density at radius 3 is 2.60 bits per heavy atom. The Morgan fingerprint density at radius 1 is 1.13 bits per heavy atom. The van der Waals surface area contributed by atoms with Crippen molar-refractivity contribution in [3.8, 4) is 5.75 Å². The van der Waals surface area contributed by atoms with E-state index in [1.165, 1.54) is 46.7 Å². The minimum Gasteiger partial charge on any atom is -0.406 e. The van der Waals surface area contributed by atoms with Gasteiger partial charge in [-0.1, -0.05) is 24.3 Å². The Labute approximate surface area is 175 Å². The van der Waals surface area contributed by atoms with Crippen molar-refractivity contribution in [1.82, 2.24) is 9.88 Å². The average Bonchev–Trinajstić information content (AvgIpc) is 3.14. The Bertz CT molecular complexity index is 1030. The van der Waals surface area contributed by atoms with E-state index in [-0.39, 0.29) is 18.1 Å². The lowest BCUT2D eigenvalue weighted by molar-refractivity contribution is -0.274. The number of halogens is 3. The molecule has 1 N–H and O–H groups in total. The molecule has 0 radical (unpaired) electrons. The maximum absolute atomic E-state index is 12.7. The van der Waals surface area contributed by atoms with Crippen molar-refractivity contribution < 1.29 is 22.7 Å². The quantitative estimate of drug-likeness (QED) is 0.621. The highest BCUT2D eigenvalue weighted by molar-refractivity contribution is 7.13. The largest absolute Gasteiger partial charge is 0.573 e. The van der Waals surface area contributed by atoms with Gasteiger partial charge in [0, 0.05) is 24.2 Å². The van der Waals surface area contributed by atoms with Gasteiger partial charge >= 0.3 is 6.36 Å². The summed E-state index contributed by atoms with van der Waals surface area (Å²) in [5.41, 5.74) is 3.69. The van der Waals surface area contributed by atoms with Crippen molar-refractivity contribution in [2.24, 2.45) is 0 Å². The molecule has 0 saturated carbocycles. The number of ether oxygens (including phenoxy) is 1. The number of hydrogen-bond acceptors (Lipinski definition) is 5. The molecule has 4 rings (SSSR count). The third kappa shape index (κ3) is 5.10. The number of alkyl halides is 3. The van der Waals surface area contributed by atoms with Gasteiger partial charge in [-0.05, 0) is 41.8 Å². The van der Waals surface area contributed by atoms with Gasteiger partial charge in [-0.25, -0.2) is 4.98 Å². The van der Waals surface area contributed by atoms with Crippen LogP contribution in [0.1, 0.15) is 16.8 Å². The molecule has 9 heteroatoms. The van der Waals surface area contributed by atoms with Gasteiger partial charge in [0.25, 0.3) is 0 Å². The molecule has 2 heterocycles. The number of carbonyl (C=O) groups excluding carboxylic acids is 1. The first-order valence-electron chi connectivity index (χ1n) is 9.27. The predicted octanol–water partition coefficient (Wildman–Crippen LogP) is 4.91. The molecule has 30 heavy (non-hydrogen) atoms. The normalized spacial score (nSPS) is 13.6. The van der Waals surface area contributed by atoms with Gasteiger partial charge in [0.2, 0.25) is 5.91 Å². The van der Waals surface area contributed by atoms with Crippen LogP contribution in [0.25, 0.3) is 0 Å². The number of nitrogens with one attached hydrogen (secondary N) is 1. The van der Waals surface area contributed by atoms with E-state index in [1.807, 2.05) is 23.1 Å². The van der Waals surface area contributed by atoms with E-state index in [9.17, 15) is 18.0 Å². The second-order valence-corrected chi connectivity index (χ2v) is 7.71. The molecule has 0 spiro atoms. The number of carbonyl (C=O) groups is 1. The van der Waals surface area contributed by atoms with E-state index >= 15 is 0 Å². The molecule has 0 saturated heterocycles. The van der Waals surface area contributed by atoms with Crippen molar-refractivity contribution in [1.29, 1.82) is 0 Å². The standard InChI is InChI=1S/C21H18F3N3O2S/c22-21(23,24)29-18-7-5-16(6-8-18)25-20-26-17(13-30-20)11-19(28)27-10-9-14-3-1-2-4-15(14)12-27/h1-8,13H,9-12H2,(H,25,26). The summed E-state index contributed by atoms with van der Waals surface area (Å²) in [4.78, 5) is 18.9. The average molecular weight is 433 g/mol. The molecule has 1 aliphatic rings. The maximum atomic E-state index is 12.7. The van der Waals surface area contributed by atoms with E-state index in [0.29, 0.717) is 29.6 Å². The number of anilines is 2. The molecule has 0 atom stereocenters. The molecule has 0 unspecified atom stereocenters. The van der Waals surface area contributed by atoms with Gasteiger partial charge in [-0.3, -0.25) is 4.79 Å². The fourth-order valence-corrected chi connectivity index (χ4v) is 4.01. The first kappa shape index (κ1) is 20.2. The first-order valence-corrected chi connectivity index (χ1v) is 10.2. The van der Waals surface area contributed by atoms with Crippen molar-refractivity contribution in [2.45, 2.75) is 25.7 Å². The van der Waals surface area contributed by atoms with Crippen LogP contribution in [0.4, 0.5) is 24.0 Å². The zero-order chi connectivity index (χ0) is 21.1. The number of aromatic nitrogens is 1. The van der Waals surface area contributed by atoms with Gasteiger partial charge in [0.05, 0.1) is 12.1 Å². The van der Waals surface area contributed by atoms with E-state index in [2.05, 4.69) is 21.1 Å². The Morgan fingerprint density at radius 2 is 1.87 bits per heavy atom. The molecule has 3 aromatic rings. The van der Waals surface area contributed by atoms with E-state index < -0.39 is 6.36 Å². The SMILES string of the molecule is O=C(Cc1csc(Nc2ccc(OC(F)(F)F)cc2)n1)N1CCc2ccccc2C1. The minimum atomic E-state index is -4.72. The summed E-state index contributed by atoms with van der Waals surface area (Å²) >= 11 is 1.33. The first-order chi connectivity index (χ1) is 14.4. The fraction of sp³-hybridized carbons (Fsp3) is 0.238. The zero-order valence-electron chi connectivity index (χ0n) is 15.8. The lowest BCUT2D eigenvalue weighted by atomic mass is 10.00. The summed E-state index contributed by atoms with van der Waals surface area (Å²) in [7, 11) is 0.